The Balaban J connectivity index is 1.81. The Morgan fingerprint density at radius 3 is 2.82 bits per heavy atom. The number of aliphatic imine (C=N–C) groups is 1. The standard InChI is InChI=1S/C15H17ClN6/c1-22-10-12(8-19-22)20-14-18-9-13(16)15(17,21-14)7-11-5-3-2-4-6-11/h2-6,8-10H,7,17H2,1H3,(H2,18,20,21). The Kier molecular flexibility index (Phi) is 3.87. The molecule has 0 aliphatic carbocycles. The summed E-state index contributed by atoms with van der Waals surface area (Å²) in [4.78, 5) is 4.53. The molecule has 0 saturated heterocycles. The number of aromatic nitrogens is 2. The zero-order chi connectivity index (χ0) is 15.6. The Morgan fingerprint density at radius 1 is 1.36 bits per heavy atom. The maximum Gasteiger partial charge on any atom is 0.202 e. The van der Waals surface area contributed by atoms with Crippen molar-refractivity contribution < 1.29 is 0 Å². The Bertz CT molecular complexity index is 721. The largest absolute Gasteiger partial charge is 0.331 e. The third-order valence-corrected chi connectivity index (χ3v) is 3.78. The fraction of sp³-hybridized carbons (Fsp3) is 0.200. The summed E-state index contributed by atoms with van der Waals surface area (Å²) in [6.07, 6.45) is 5.73. The molecular weight excluding hydrogens is 300 g/mol. The molecule has 0 amide bonds. The lowest BCUT2D eigenvalue weighted by Crippen LogP contribution is -2.47. The van der Waals surface area contributed by atoms with Crippen molar-refractivity contribution in [3.8, 4) is 0 Å². The van der Waals surface area contributed by atoms with Crippen LogP contribution in [0.1, 0.15) is 5.56 Å². The molecule has 7 heteroatoms. The van der Waals surface area contributed by atoms with Crippen LogP contribution in [0.2, 0.25) is 0 Å². The molecule has 0 bridgehead atoms. The van der Waals surface area contributed by atoms with Crippen LogP contribution in [0.5, 0.6) is 0 Å². The minimum absolute atomic E-state index is 0.466. The average Bonchev–Trinajstić information content (AvgIpc) is 2.89. The number of guanidine groups is 1. The lowest BCUT2D eigenvalue weighted by Gasteiger charge is -2.29. The van der Waals surface area contributed by atoms with E-state index in [0.717, 1.165) is 11.3 Å². The molecule has 1 unspecified atom stereocenters. The summed E-state index contributed by atoms with van der Waals surface area (Å²) in [5.41, 5.74) is 7.30. The lowest BCUT2D eigenvalue weighted by molar-refractivity contribution is 0.531. The topological polar surface area (TPSA) is 80.3 Å². The van der Waals surface area contributed by atoms with Gasteiger partial charge in [0.25, 0.3) is 0 Å². The van der Waals surface area contributed by atoms with Crippen LogP contribution in [-0.4, -0.2) is 21.4 Å². The van der Waals surface area contributed by atoms with E-state index in [2.05, 4.69) is 20.7 Å². The second-order valence-corrected chi connectivity index (χ2v) is 5.62. The average molecular weight is 317 g/mol. The van der Waals surface area contributed by atoms with Crippen LogP contribution in [0.4, 0.5) is 5.69 Å². The monoisotopic (exact) mass is 316 g/mol. The number of aryl methyl sites for hydroxylation is 1. The number of halogens is 1. The van der Waals surface area contributed by atoms with Crippen LogP contribution in [-0.2, 0) is 13.5 Å². The first kappa shape index (κ1) is 14.6. The minimum Gasteiger partial charge on any atom is -0.331 e. The molecule has 0 fully saturated rings. The molecule has 0 spiro atoms. The van der Waals surface area contributed by atoms with Crippen molar-refractivity contribution in [1.82, 2.24) is 15.1 Å². The molecule has 4 N–H and O–H groups in total. The highest BCUT2D eigenvalue weighted by atomic mass is 35.5. The van der Waals surface area contributed by atoms with Crippen LogP contribution in [0.25, 0.3) is 0 Å². The highest BCUT2D eigenvalue weighted by Crippen LogP contribution is 2.26. The molecule has 1 aliphatic heterocycles. The summed E-state index contributed by atoms with van der Waals surface area (Å²) in [6.45, 7) is 0. The van der Waals surface area contributed by atoms with Gasteiger partial charge in [0, 0.05) is 25.9 Å². The number of anilines is 1. The number of benzene rings is 1. The SMILES string of the molecule is Cn1cc(NC2=NC(N)(Cc3ccccc3)C(Cl)=CN2)cn1. The third kappa shape index (κ3) is 3.13. The van der Waals surface area contributed by atoms with Gasteiger partial charge in [-0.15, -0.1) is 0 Å². The van der Waals surface area contributed by atoms with E-state index in [1.54, 1.807) is 17.1 Å². The smallest absolute Gasteiger partial charge is 0.202 e. The first-order valence-corrected chi connectivity index (χ1v) is 7.24. The van der Waals surface area contributed by atoms with Crippen LogP contribution in [0.3, 0.4) is 0 Å². The van der Waals surface area contributed by atoms with E-state index in [0.29, 0.717) is 17.4 Å². The van der Waals surface area contributed by atoms with Gasteiger partial charge in [-0.25, -0.2) is 4.99 Å². The normalized spacial score (nSPS) is 20.9. The molecule has 1 aromatic heterocycles. The molecule has 2 aromatic rings. The van der Waals surface area contributed by atoms with E-state index in [-0.39, 0.29) is 0 Å². The Labute approximate surface area is 133 Å². The minimum atomic E-state index is -0.987. The van der Waals surface area contributed by atoms with Crippen molar-refractivity contribution in [2.45, 2.75) is 12.1 Å². The van der Waals surface area contributed by atoms with Gasteiger partial charge in [0.05, 0.1) is 16.9 Å². The zero-order valence-electron chi connectivity index (χ0n) is 12.1. The highest BCUT2D eigenvalue weighted by Gasteiger charge is 2.32. The molecule has 1 aromatic carbocycles. The predicted molar refractivity (Wildman–Crippen MR) is 88.4 cm³/mol. The number of nitrogens with one attached hydrogen (secondary N) is 2. The number of nitrogens with two attached hydrogens (primary N) is 1. The summed E-state index contributed by atoms with van der Waals surface area (Å²) < 4.78 is 1.70. The third-order valence-electron chi connectivity index (χ3n) is 3.34. The van der Waals surface area contributed by atoms with Crippen molar-refractivity contribution in [3.05, 3.63) is 59.5 Å². The second-order valence-electron chi connectivity index (χ2n) is 5.21. The first-order chi connectivity index (χ1) is 10.5. The van der Waals surface area contributed by atoms with Crippen molar-refractivity contribution in [1.29, 1.82) is 0 Å². The summed E-state index contributed by atoms with van der Waals surface area (Å²) in [5, 5.41) is 10.7. The molecule has 2 heterocycles. The van der Waals surface area contributed by atoms with Crippen molar-refractivity contribution in [2.75, 3.05) is 5.32 Å². The van der Waals surface area contributed by atoms with Crippen LogP contribution in [0, 0.1) is 0 Å². The maximum atomic E-state index is 6.40. The number of rotatable bonds is 3. The second kappa shape index (κ2) is 5.82. The Morgan fingerprint density at radius 2 is 2.14 bits per heavy atom. The summed E-state index contributed by atoms with van der Waals surface area (Å²) >= 11 is 6.27. The maximum absolute atomic E-state index is 6.40. The van der Waals surface area contributed by atoms with Crippen molar-refractivity contribution in [3.63, 3.8) is 0 Å². The van der Waals surface area contributed by atoms with E-state index >= 15 is 0 Å². The van der Waals surface area contributed by atoms with Gasteiger partial charge in [0.15, 0.2) is 5.66 Å². The van der Waals surface area contributed by atoms with Gasteiger partial charge in [-0.1, -0.05) is 41.9 Å². The van der Waals surface area contributed by atoms with E-state index in [9.17, 15) is 0 Å². The van der Waals surface area contributed by atoms with Gasteiger partial charge in [-0.05, 0) is 5.56 Å². The van der Waals surface area contributed by atoms with Gasteiger partial charge in [0.1, 0.15) is 0 Å². The van der Waals surface area contributed by atoms with Crippen LogP contribution < -0.4 is 16.4 Å². The molecule has 1 atom stereocenters. The molecular formula is C15H17ClN6. The molecule has 0 saturated carbocycles. The first-order valence-electron chi connectivity index (χ1n) is 6.86. The van der Waals surface area contributed by atoms with E-state index in [1.165, 1.54) is 0 Å². The molecule has 0 radical (unpaired) electrons. The van der Waals surface area contributed by atoms with Crippen LogP contribution in [0.15, 0.2) is 59.0 Å². The molecule has 6 nitrogen and oxygen atoms in total. The van der Waals surface area contributed by atoms with Gasteiger partial charge in [-0.3, -0.25) is 4.68 Å². The fourth-order valence-electron chi connectivity index (χ4n) is 2.26. The Hall–Kier alpha value is -2.31. The van der Waals surface area contributed by atoms with E-state index < -0.39 is 5.66 Å². The van der Waals surface area contributed by atoms with E-state index in [1.807, 2.05) is 43.6 Å². The van der Waals surface area contributed by atoms with Gasteiger partial charge < -0.3 is 16.4 Å². The molecule has 114 valence electrons. The van der Waals surface area contributed by atoms with E-state index in [4.69, 9.17) is 17.3 Å². The molecule has 1 aliphatic rings. The lowest BCUT2D eigenvalue weighted by atomic mass is 10.00. The molecule has 3 rings (SSSR count). The number of hydrogen-bond donors (Lipinski definition) is 3. The summed E-state index contributed by atoms with van der Waals surface area (Å²) in [5.74, 6) is 0.538. The number of nitrogens with zero attached hydrogens (tertiary/aromatic N) is 3. The summed E-state index contributed by atoms with van der Waals surface area (Å²) in [6, 6.07) is 9.91. The van der Waals surface area contributed by atoms with Gasteiger partial charge in [0.2, 0.25) is 5.96 Å². The predicted octanol–water partition coefficient (Wildman–Crippen LogP) is 1.77. The van der Waals surface area contributed by atoms with Crippen molar-refractivity contribution in [2.24, 2.45) is 17.8 Å². The fourth-order valence-corrected chi connectivity index (χ4v) is 2.42. The number of hydrogen-bond acceptors (Lipinski definition) is 5. The van der Waals surface area contributed by atoms with Gasteiger partial charge >= 0.3 is 0 Å². The summed E-state index contributed by atoms with van der Waals surface area (Å²) in [7, 11) is 1.85. The highest BCUT2D eigenvalue weighted by molar-refractivity contribution is 6.31. The quantitative estimate of drug-likeness (QED) is 0.806. The van der Waals surface area contributed by atoms with Crippen molar-refractivity contribution >= 4 is 23.2 Å². The zero-order valence-corrected chi connectivity index (χ0v) is 12.9. The molecule has 22 heavy (non-hydrogen) atoms. The van der Waals surface area contributed by atoms with Gasteiger partial charge in [-0.2, -0.15) is 5.10 Å². The van der Waals surface area contributed by atoms with Crippen LogP contribution >= 0.6 is 11.6 Å².